The quantitative estimate of drug-likeness (QED) is 0.885. The number of aryl methyl sites for hydroxylation is 2. The van der Waals surface area contributed by atoms with Crippen LogP contribution in [-0.4, -0.2) is 19.4 Å². The van der Waals surface area contributed by atoms with Crippen molar-refractivity contribution in [2.45, 2.75) is 33.4 Å². The molecule has 5 nitrogen and oxygen atoms in total. The van der Waals surface area contributed by atoms with Crippen molar-refractivity contribution in [2.75, 3.05) is 14.2 Å². The Morgan fingerprint density at radius 3 is 2.57 bits per heavy atom. The lowest BCUT2D eigenvalue weighted by atomic mass is 10.1. The first kappa shape index (κ1) is 15.4. The van der Waals surface area contributed by atoms with Gasteiger partial charge < -0.3 is 19.3 Å². The first-order valence-electron chi connectivity index (χ1n) is 6.93. The van der Waals surface area contributed by atoms with Gasteiger partial charge in [-0.3, -0.25) is 0 Å². The second kappa shape index (κ2) is 6.63. The van der Waals surface area contributed by atoms with E-state index in [1.165, 1.54) is 0 Å². The highest BCUT2D eigenvalue weighted by molar-refractivity contribution is 5.42. The van der Waals surface area contributed by atoms with Crippen LogP contribution in [0, 0.1) is 13.8 Å². The van der Waals surface area contributed by atoms with Crippen LogP contribution in [0.2, 0.25) is 0 Å². The molecule has 0 fully saturated rings. The Hall–Kier alpha value is -2.01. The molecule has 0 spiro atoms. The molecule has 1 aromatic heterocycles. The van der Waals surface area contributed by atoms with Gasteiger partial charge in [0.05, 0.1) is 19.9 Å². The maximum Gasteiger partial charge on any atom is 0.138 e. The summed E-state index contributed by atoms with van der Waals surface area (Å²) in [5.74, 6) is 2.45. The lowest BCUT2D eigenvalue weighted by Crippen LogP contribution is -2.19. The molecule has 1 atom stereocenters. The number of nitrogens with one attached hydrogen (secondary N) is 1. The van der Waals surface area contributed by atoms with E-state index < -0.39 is 0 Å². The van der Waals surface area contributed by atoms with Gasteiger partial charge >= 0.3 is 0 Å². The first-order chi connectivity index (χ1) is 10.1. The minimum absolute atomic E-state index is 0.138. The van der Waals surface area contributed by atoms with Crippen LogP contribution in [0.4, 0.5) is 0 Å². The molecule has 0 radical (unpaired) electrons. The molecule has 2 rings (SSSR count). The second-order valence-electron chi connectivity index (χ2n) is 5.01. The largest absolute Gasteiger partial charge is 0.497 e. The molecular weight excluding hydrogens is 268 g/mol. The summed E-state index contributed by atoms with van der Waals surface area (Å²) in [6.45, 7) is 6.68. The van der Waals surface area contributed by atoms with Crippen LogP contribution in [0.25, 0.3) is 0 Å². The van der Waals surface area contributed by atoms with E-state index >= 15 is 0 Å². The Labute approximate surface area is 125 Å². The van der Waals surface area contributed by atoms with Crippen LogP contribution in [0.5, 0.6) is 11.5 Å². The first-order valence-corrected chi connectivity index (χ1v) is 6.93. The highest BCUT2D eigenvalue weighted by Crippen LogP contribution is 2.29. The summed E-state index contributed by atoms with van der Waals surface area (Å²) in [5, 5.41) is 7.44. The number of aromatic nitrogens is 1. The van der Waals surface area contributed by atoms with Crippen molar-refractivity contribution in [3.63, 3.8) is 0 Å². The average molecular weight is 290 g/mol. The van der Waals surface area contributed by atoms with E-state index in [2.05, 4.69) is 17.4 Å². The van der Waals surface area contributed by atoms with E-state index in [0.717, 1.165) is 34.1 Å². The molecule has 5 heteroatoms. The number of hydrogen-bond donors (Lipinski definition) is 1. The number of ether oxygens (including phenoxy) is 2. The minimum Gasteiger partial charge on any atom is -0.497 e. The fourth-order valence-electron chi connectivity index (χ4n) is 2.30. The number of nitrogens with zero attached hydrogens (tertiary/aromatic N) is 1. The SMILES string of the molecule is COc1ccc(C(C)NCc2c(C)noc2C)c(OC)c1. The van der Waals surface area contributed by atoms with Crippen LogP contribution in [0.1, 0.15) is 35.5 Å². The van der Waals surface area contributed by atoms with Gasteiger partial charge in [-0.15, -0.1) is 0 Å². The number of rotatable bonds is 6. The molecule has 1 unspecified atom stereocenters. The van der Waals surface area contributed by atoms with E-state index in [-0.39, 0.29) is 6.04 Å². The van der Waals surface area contributed by atoms with Crippen molar-refractivity contribution >= 4 is 0 Å². The van der Waals surface area contributed by atoms with Gasteiger partial charge in [0.1, 0.15) is 17.3 Å². The van der Waals surface area contributed by atoms with Gasteiger partial charge in [0.25, 0.3) is 0 Å². The smallest absolute Gasteiger partial charge is 0.138 e. The Kier molecular flexibility index (Phi) is 4.85. The van der Waals surface area contributed by atoms with Crippen molar-refractivity contribution in [1.29, 1.82) is 0 Å². The Bertz CT molecular complexity index is 588. The van der Waals surface area contributed by atoms with E-state index in [0.29, 0.717) is 6.54 Å². The molecule has 1 heterocycles. The predicted molar refractivity (Wildman–Crippen MR) is 80.8 cm³/mol. The maximum absolute atomic E-state index is 5.44. The van der Waals surface area contributed by atoms with Crippen molar-refractivity contribution in [2.24, 2.45) is 0 Å². The Morgan fingerprint density at radius 1 is 1.24 bits per heavy atom. The van der Waals surface area contributed by atoms with Crippen molar-refractivity contribution in [3.05, 3.63) is 40.8 Å². The highest BCUT2D eigenvalue weighted by Gasteiger charge is 2.14. The summed E-state index contributed by atoms with van der Waals surface area (Å²) >= 11 is 0. The molecule has 0 aliphatic heterocycles. The zero-order valence-corrected chi connectivity index (χ0v) is 13.2. The molecule has 1 aromatic carbocycles. The van der Waals surface area contributed by atoms with Crippen LogP contribution in [0.3, 0.4) is 0 Å². The minimum atomic E-state index is 0.138. The van der Waals surface area contributed by atoms with Gasteiger partial charge in [-0.05, 0) is 26.8 Å². The number of hydrogen-bond acceptors (Lipinski definition) is 5. The normalized spacial score (nSPS) is 12.2. The van der Waals surface area contributed by atoms with Crippen molar-refractivity contribution in [3.8, 4) is 11.5 Å². The van der Waals surface area contributed by atoms with E-state index in [1.54, 1.807) is 14.2 Å². The van der Waals surface area contributed by atoms with Crippen LogP contribution >= 0.6 is 0 Å². The second-order valence-corrected chi connectivity index (χ2v) is 5.01. The molecule has 2 aromatic rings. The number of benzene rings is 1. The monoisotopic (exact) mass is 290 g/mol. The van der Waals surface area contributed by atoms with Gasteiger partial charge in [0.2, 0.25) is 0 Å². The van der Waals surface area contributed by atoms with Gasteiger partial charge in [-0.25, -0.2) is 0 Å². The lowest BCUT2D eigenvalue weighted by Gasteiger charge is -2.18. The summed E-state index contributed by atoms with van der Waals surface area (Å²) in [7, 11) is 3.31. The van der Waals surface area contributed by atoms with Crippen LogP contribution in [0.15, 0.2) is 22.7 Å². The number of methoxy groups -OCH3 is 2. The highest BCUT2D eigenvalue weighted by atomic mass is 16.5. The third-order valence-corrected chi connectivity index (χ3v) is 3.67. The molecule has 21 heavy (non-hydrogen) atoms. The summed E-state index contributed by atoms with van der Waals surface area (Å²) in [6.07, 6.45) is 0. The van der Waals surface area contributed by atoms with Gasteiger partial charge in [-0.1, -0.05) is 11.2 Å². The van der Waals surface area contributed by atoms with E-state index in [4.69, 9.17) is 14.0 Å². The fourth-order valence-corrected chi connectivity index (χ4v) is 2.30. The topological polar surface area (TPSA) is 56.5 Å². The van der Waals surface area contributed by atoms with Crippen molar-refractivity contribution < 1.29 is 14.0 Å². The molecule has 0 saturated carbocycles. The molecule has 114 valence electrons. The molecule has 1 N–H and O–H groups in total. The molecular formula is C16H22N2O3. The summed E-state index contributed by atoms with van der Waals surface area (Å²) in [6, 6.07) is 5.98. The van der Waals surface area contributed by atoms with Crippen molar-refractivity contribution in [1.82, 2.24) is 10.5 Å². The standard InChI is InChI=1S/C16H22N2O3/c1-10(17-9-15-11(2)18-21-12(15)3)14-7-6-13(19-4)8-16(14)20-5/h6-8,10,17H,9H2,1-5H3. The third kappa shape index (κ3) is 3.36. The average Bonchev–Trinajstić information content (AvgIpc) is 2.82. The van der Waals surface area contributed by atoms with Crippen LogP contribution in [-0.2, 0) is 6.54 Å². The van der Waals surface area contributed by atoms with E-state index in [9.17, 15) is 0 Å². The molecule has 0 amide bonds. The van der Waals surface area contributed by atoms with Crippen LogP contribution < -0.4 is 14.8 Å². The molecule has 0 aliphatic carbocycles. The van der Waals surface area contributed by atoms with E-state index in [1.807, 2.05) is 32.0 Å². The Morgan fingerprint density at radius 2 is 2.00 bits per heavy atom. The van der Waals surface area contributed by atoms with Gasteiger partial charge in [0.15, 0.2) is 0 Å². The molecule has 0 aliphatic rings. The lowest BCUT2D eigenvalue weighted by molar-refractivity contribution is 0.385. The molecule has 0 bridgehead atoms. The third-order valence-electron chi connectivity index (χ3n) is 3.67. The summed E-state index contributed by atoms with van der Waals surface area (Å²) in [5.41, 5.74) is 3.12. The fraction of sp³-hybridized carbons (Fsp3) is 0.438. The zero-order valence-electron chi connectivity index (χ0n) is 13.2. The molecule has 0 saturated heterocycles. The Balaban J connectivity index is 2.11. The van der Waals surface area contributed by atoms with Gasteiger partial charge in [0, 0.05) is 29.8 Å². The summed E-state index contributed by atoms with van der Waals surface area (Å²) < 4.78 is 15.8. The van der Waals surface area contributed by atoms with Gasteiger partial charge in [-0.2, -0.15) is 0 Å². The predicted octanol–water partition coefficient (Wildman–Crippen LogP) is 3.16. The summed E-state index contributed by atoms with van der Waals surface area (Å²) in [4.78, 5) is 0. The maximum atomic E-state index is 5.44. The zero-order chi connectivity index (χ0) is 15.4.